The predicted molar refractivity (Wildman–Crippen MR) is 69.4 cm³/mol. The van der Waals surface area contributed by atoms with Crippen LogP contribution in [-0.2, 0) is 4.79 Å². The van der Waals surface area contributed by atoms with E-state index in [2.05, 4.69) is 14.9 Å². The molecule has 0 aromatic carbocycles. The number of hydrogen-bond donors (Lipinski definition) is 1. The molecule has 1 aliphatic rings. The van der Waals surface area contributed by atoms with Crippen molar-refractivity contribution in [3.63, 3.8) is 0 Å². The Hall–Kier alpha value is -1.50. The van der Waals surface area contributed by atoms with Gasteiger partial charge in [-0.3, -0.25) is 0 Å². The van der Waals surface area contributed by atoms with Crippen molar-refractivity contribution in [2.24, 2.45) is 0 Å². The Morgan fingerprint density at radius 2 is 2.22 bits per heavy atom. The Bertz CT molecular complexity index is 436. The molecular weight excluding hydrogens is 254 g/mol. The summed E-state index contributed by atoms with van der Waals surface area (Å²) in [5.41, 5.74) is 0.776. The van der Waals surface area contributed by atoms with Crippen LogP contribution in [0.4, 0.5) is 5.95 Å². The third-order valence-corrected chi connectivity index (χ3v) is 3.40. The van der Waals surface area contributed by atoms with Crippen LogP contribution < -0.4 is 9.64 Å². The number of aryl methyl sites for hydroxylation is 1. The van der Waals surface area contributed by atoms with Gasteiger partial charge in [-0.25, -0.2) is 9.78 Å². The number of carboxylic acids is 1. The lowest BCUT2D eigenvalue weighted by Crippen LogP contribution is -2.34. The SMILES string of the molecule is Cc1cc(OCC(=O)O)nc(N2CCSCC2)n1. The topological polar surface area (TPSA) is 75.6 Å². The number of carbonyl (C=O) groups is 1. The summed E-state index contributed by atoms with van der Waals surface area (Å²) in [5, 5.41) is 8.58. The Morgan fingerprint density at radius 3 is 2.89 bits per heavy atom. The first-order valence-electron chi connectivity index (χ1n) is 5.68. The van der Waals surface area contributed by atoms with E-state index in [1.165, 1.54) is 0 Å². The summed E-state index contributed by atoms with van der Waals surface area (Å²) < 4.78 is 5.10. The van der Waals surface area contributed by atoms with Crippen molar-refractivity contribution in [1.82, 2.24) is 9.97 Å². The van der Waals surface area contributed by atoms with Crippen LogP contribution in [0.5, 0.6) is 5.88 Å². The summed E-state index contributed by atoms with van der Waals surface area (Å²) in [4.78, 5) is 21.2. The van der Waals surface area contributed by atoms with Gasteiger partial charge in [0.2, 0.25) is 11.8 Å². The minimum Gasteiger partial charge on any atom is -0.479 e. The fraction of sp³-hybridized carbons (Fsp3) is 0.545. The molecule has 2 rings (SSSR count). The van der Waals surface area contributed by atoms with E-state index < -0.39 is 5.97 Å². The molecule has 0 radical (unpaired) electrons. The fourth-order valence-corrected chi connectivity index (χ4v) is 2.54. The summed E-state index contributed by atoms with van der Waals surface area (Å²) in [5.74, 6) is 2.04. The molecule has 2 heterocycles. The number of thioether (sulfide) groups is 1. The maximum atomic E-state index is 10.5. The molecule has 1 aliphatic heterocycles. The summed E-state index contributed by atoms with van der Waals surface area (Å²) in [6.07, 6.45) is 0. The molecule has 0 aliphatic carbocycles. The van der Waals surface area contributed by atoms with E-state index in [-0.39, 0.29) is 6.61 Å². The standard InChI is InChI=1S/C11H15N3O3S/c1-8-6-9(17-7-10(15)16)13-11(12-8)14-2-4-18-5-3-14/h6H,2-5,7H2,1H3,(H,15,16). The molecular formula is C11H15N3O3S. The first-order chi connectivity index (χ1) is 8.65. The van der Waals surface area contributed by atoms with Gasteiger partial charge in [-0.05, 0) is 6.92 Å². The van der Waals surface area contributed by atoms with Gasteiger partial charge in [0.25, 0.3) is 0 Å². The molecule has 6 nitrogen and oxygen atoms in total. The first kappa shape index (κ1) is 12.9. The van der Waals surface area contributed by atoms with Crippen molar-refractivity contribution in [2.45, 2.75) is 6.92 Å². The van der Waals surface area contributed by atoms with E-state index in [0.29, 0.717) is 11.8 Å². The zero-order chi connectivity index (χ0) is 13.0. The molecule has 18 heavy (non-hydrogen) atoms. The molecule has 0 bridgehead atoms. The minimum absolute atomic E-state index is 0.318. The zero-order valence-electron chi connectivity index (χ0n) is 10.1. The average molecular weight is 269 g/mol. The van der Waals surface area contributed by atoms with Crippen molar-refractivity contribution in [3.8, 4) is 5.88 Å². The summed E-state index contributed by atoms with van der Waals surface area (Å²) in [6, 6.07) is 1.64. The second-order valence-electron chi connectivity index (χ2n) is 3.93. The molecule has 7 heteroatoms. The van der Waals surface area contributed by atoms with Crippen LogP contribution in [0.1, 0.15) is 5.69 Å². The van der Waals surface area contributed by atoms with Crippen LogP contribution >= 0.6 is 11.8 Å². The number of ether oxygens (including phenoxy) is 1. The van der Waals surface area contributed by atoms with Crippen molar-refractivity contribution in [1.29, 1.82) is 0 Å². The number of rotatable bonds is 4. The molecule has 1 saturated heterocycles. The summed E-state index contributed by atoms with van der Waals surface area (Å²) in [7, 11) is 0. The van der Waals surface area contributed by atoms with Crippen LogP contribution in [-0.4, -0.2) is 52.2 Å². The van der Waals surface area contributed by atoms with E-state index in [4.69, 9.17) is 9.84 Å². The van der Waals surface area contributed by atoms with Crippen LogP contribution in [0.15, 0.2) is 6.07 Å². The lowest BCUT2D eigenvalue weighted by molar-refractivity contribution is -0.139. The quantitative estimate of drug-likeness (QED) is 0.866. The molecule has 1 aromatic heterocycles. The molecule has 1 fully saturated rings. The molecule has 0 saturated carbocycles. The van der Waals surface area contributed by atoms with E-state index in [0.717, 1.165) is 30.3 Å². The van der Waals surface area contributed by atoms with Gasteiger partial charge in [0.05, 0.1) is 0 Å². The highest BCUT2D eigenvalue weighted by atomic mass is 32.2. The fourth-order valence-electron chi connectivity index (χ4n) is 1.64. The average Bonchev–Trinajstić information content (AvgIpc) is 2.37. The minimum atomic E-state index is -1.01. The smallest absolute Gasteiger partial charge is 0.341 e. The maximum absolute atomic E-state index is 10.5. The number of anilines is 1. The lowest BCUT2D eigenvalue weighted by Gasteiger charge is -2.26. The third-order valence-electron chi connectivity index (χ3n) is 2.46. The number of aromatic nitrogens is 2. The largest absolute Gasteiger partial charge is 0.479 e. The third kappa shape index (κ3) is 3.49. The highest BCUT2D eigenvalue weighted by Crippen LogP contribution is 2.19. The van der Waals surface area contributed by atoms with E-state index >= 15 is 0 Å². The van der Waals surface area contributed by atoms with E-state index in [1.54, 1.807) is 6.07 Å². The normalized spacial score (nSPS) is 15.5. The van der Waals surface area contributed by atoms with Crippen LogP contribution in [0, 0.1) is 6.92 Å². The van der Waals surface area contributed by atoms with Crippen molar-refractivity contribution in [2.75, 3.05) is 36.1 Å². The van der Waals surface area contributed by atoms with E-state index in [1.807, 2.05) is 18.7 Å². The van der Waals surface area contributed by atoms with Gasteiger partial charge in [0.1, 0.15) is 0 Å². The molecule has 0 amide bonds. The van der Waals surface area contributed by atoms with E-state index in [9.17, 15) is 4.79 Å². The van der Waals surface area contributed by atoms with Gasteiger partial charge < -0.3 is 14.7 Å². The van der Waals surface area contributed by atoms with Gasteiger partial charge in [0, 0.05) is 36.4 Å². The van der Waals surface area contributed by atoms with Crippen LogP contribution in [0.2, 0.25) is 0 Å². The predicted octanol–water partition coefficient (Wildman–Crippen LogP) is 0.802. The van der Waals surface area contributed by atoms with Crippen molar-refractivity contribution >= 4 is 23.7 Å². The van der Waals surface area contributed by atoms with Crippen LogP contribution in [0.25, 0.3) is 0 Å². The first-order valence-corrected chi connectivity index (χ1v) is 6.83. The van der Waals surface area contributed by atoms with Crippen LogP contribution in [0.3, 0.4) is 0 Å². The summed E-state index contributed by atoms with van der Waals surface area (Å²) >= 11 is 1.91. The lowest BCUT2D eigenvalue weighted by atomic mass is 10.4. The van der Waals surface area contributed by atoms with Gasteiger partial charge in [-0.1, -0.05) is 0 Å². The molecule has 1 aromatic rings. The number of aliphatic carboxylic acids is 1. The van der Waals surface area contributed by atoms with Crippen molar-refractivity contribution < 1.29 is 14.6 Å². The molecule has 0 spiro atoms. The van der Waals surface area contributed by atoms with Crippen molar-refractivity contribution in [3.05, 3.63) is 11.8 Å². The highest BCUT2D eigenvalue weighted by molar-refractivity contribution is 7.99. The molecule has 98 valence electrons. The Labute approximate surface area is 109 Å². The van der Waals surface area contributed by atoms with Gasteiger partial charge >= 0.3 is 5.97 Å². The Balaban J connectivity index is 2.12. The Morgan fingerprint density at radius 1 is 1.50 bits per heavy atom. The Kier molecular flexibility index (Phi) is 4.24. The van der Waals surface area contributed by atoms with Gasteiger partial charge in [0.15, 0.2) is 6.61 Å². The number of hydrogen-bond acceptors (Lipinski definition) is 6. The zero-order valence-corrected chi connectivity index (χ0v) is 10.9. The number of carboxylic acid groups (broad SMARTS) is 1. The molecule has 0 atom stereocenters. The number of nitrogens with zero attached hydrogens (tertiary/aromatic N) is 3. The molecule has 1 N–H and O–H groups in total. The maximum Gasteiger partial charge on any atom is 0.341 e. The highest BCUT2D eigenvalue weighted by Gasteiger charge is 2.15. The second kappa shape index (κ2) is 5.90. The van der Waals surface area contributed by atoms with Gasteiger partial charge in [-0.2, -0.15) is 16.7 Å². The monoisotopic (exact) mass is 269 g/mol. The molecule has 0 unspecified atom stereocenters. The second-order valence-corrected chi connectivity index (χ2v) is 5.15. The van der Waals surface area contributed by atoms with Gasteiger partial charge in [-0.15, -0.1) is 0 Å². The summed E-state index contributed by atoms with van der Waals surface area (Å²) in [6.45, 7) is 3.28.